The molecule has 2 aliphatic carbocycles. The normalized spacial score (nSPS) is 20.7. The fourth-order valence-electron chi connectivity index (χ4n) is 4.80. The summed E-state index contributed by atoms with van der Waals surface area (Å²) >= 11 is 0. The maximum atomic E-state index is 13.1. The van der Waals surface area contributed by atoms with Crippen molar-refractivity contribution in [3.8, 4) is 0 Å². The highest BCUT2D eigenvalue weighted by Crippen LogP contribution is 2.26. The van der Waals surface area contributed by atoms with Crippen molar-refractivity contribution >= 4 is 21.8 Å². The van der Waals surface area contributed by atoms with E-state index < -0.39 is 10.0 Å². The summed E-state index contributed by atoms with van der Waals surface area (Å²) in [5.74, 6) is -0.141. The van der Waals surface area contributed by atoms with E-state index in [1.807, 2.05) is 12.1 Å². The minimum Gasteiger partial charge on any atom is -0.347 e. The van der Waals surface area contributed by atoms with E-state index in [0.717, 1.165) is 56.9 Å². The number of piperazine rings is 1. The molecule has 1 aromatic carbocycles. The number of hydrogen-bond donors (Lipinski definition) is 1. The second-order valence-electron chi connectivity index (χ2n) is 8.62. The molecule has 1 aliphatic heterocycles. The molecule has 1 N–H and O–H groups in total. The number of fused-ring (bicyclic) bond motifs is 1. The molecule has 0 aromatic heterocycles. The van der Waals surface area contributed by atoms with Crippen LogP contribution < -0.4 is 5.32 Å². The van der Waals surface area contributed by atoms with Gasteiger partial charge in [-0.3, -0.25) is 9.59 Å². The van der Waals surface area contributed by atoms with Gasteiger partial charge in [0.15, 0.2) is 0 Å². The molecule has 1 saturated heterocycles. The lowest BCUT2D eigenvalue weighted by atomic mass is 9.92. The highest BCUT2D eigenvalue weighted by molar-refractivity contribution is 7.89. The van der Waals surface area contributed by atoms with E-state index in [2.05, 4.69) is 5.32 Å². The van der Waals surface area contributed by atoms with Crippen LogP contribution >= 0.6 is 0 Å². The van der Waals surface area contributed by atoms with Crippen molar-refractivity contribution in [2.45, 2.75) is 56.3 Å². The van der Waals surface area contributed by atoms with Gasteiger partial charge in [-0.15, -0.1) is 0 Å². The van der Waals surface area contributed by atoms with Crippen LogP contribution in [0.1, 0.15) is 49.7 Å². The Kier molecular flexibility index (Phi) is 6.43. The minimum absolute atomic E-state index is 0.00704. The van der Waals surface area contributed by atoms with E-state index in [4.69, 9.17) is 0 Å². The molecular weight excluding hydrogens is 402 g/mol. The van der Waals surface area contributed by atoms with Crippen LogP contribution in [0.2, 0.25) is 0 Å². The van der Waals surface area contributed by atoms with Crippen LogP contribution in [0.25, 0.3) is 0 Å². The van der Waals surface area contributed by atoms with E-state index in [-0.39, 0.29) is 37.4 Å². The summed E-state index contributed by atoms with van der Waals surface area (Å²) < 4.78 is 27.6. The highest BCUT2D eigenvalue weighted by Gasteiger charge is 2.31. The molecule has 2 fully saturated rings. The fourth-order valence-corrected chi connectivity index (χ4v) is 6.28. The maximum absolute atomic E-state index is 13.1. The SMILES string of the molecule is O=C(NCC(=O)N1CCN(S(=O)(=O)c2ccc3c(c2)CCCC3)CC1)C1CCCC1. The first kappa shape index (κ1) is 21.3. The number of amides is 2. The van der Waals surface area contributed by atoms with Crippen LogP contribution in [0, 0.1) is 5.92 Å². The zero-order valence-corrected chi connectivity index (χ0v) is 18.3. The third-order valence-electron chi connectivity index (χ3n) is 6.69. The van der Waals surface area contributed by atoms with Gasteiger partial charge in [0.1, 0.15) is 0 Å². The molecule has 30 heavy (non-hydrogen) atoms. The second kappa shape index (κ2) is 9.06. The summed E-state index contributed by atoms with van der Waals surface area (Å²) in [7, 11) is -3.56. The van der Waals surface area contributed by atoms with Crippen LogP contribution in [0.5, 0.6) is 0 Å². The predicted molar refractivity (Wildman–Crippen MR) is 113 cm³/mol. The van der Waals surface area contributed by atoms with Crippen LogP contribution in [0.4, 0.5) is 0 Å². The number of benzene rings is 1. The van der Waals surface area contributed by atoms with Crippen molar-refractivity contribution < 1.29 is 18.0 Å². The summed E-state index contributed by atoms with van der Waals surface area (Å²) in [6, 6.07) is 5.50. The summed E-state index contributed by atoms with van der Waals surface area (Å²) in [4.78, 5) is 26.6. The van der Waals surface area contributed by atoms with Gasteiger partial charge in [0.05, 0.1) is 11.4 Å². The van der Waals surface area contributed by atoms with Gasteiger partial charge in [0, 0.05) is 32.1 Å². The van der Waals surface area contributed by atoms with Crippen LogP contribution in [-0.4, -0.2) is 62.2 Å². The Labute approximate surface area is 178 Å². The molecule has 0 bridgehead atoms. The molecular formula is C22H31N3O4S. The molecule has 2 amide bonds. The summed E-state index contributed by atoms with van der Waals surface area (Å²) in [5, 5.41) is 2.76. The summed E-state index contributed by atoms with van der Waals surface area (Å²) in [5.41, 5.74) is 2.41. The second-order valence-corrected chi connectivity index (χ2v) is 10.6. The maximum Gasteiger partial charge on any atom is 0.243 e. The topological polar surface area (TPSA) is 86.8 Å². The van der Waals surface area contributed by atoms with Gasteiger partial charge in [-0.05, 0) is 61.8 Å². The molecule has 0 radical (unpaired) electrons. The Morgan fingerprint density at radius 3 is 2.30 bits per heavy atom. The van der Waals surface area contributed by atoms with Gasteiger partial charge in [-0.25, -0.2) is 8.42 Å². The van der Waals surface area contributed by atoms with E-state index in [1.165, 1.54) is 9.87 Å². The average molecular weight is 434 g/mol. The fraction of sp³-hybridized carbons (Fsp3) is 0.636. The van der Waals surface area contributed by atoms with Crippen molar-refractivity contribution in [3.05, 3.63) is 29.3 Å². The number of rotatable bonds is 5. The largest absolute Gasteiger partial charge is 0.347 e. The quantitative estimate of drug-likeness (QED) is 0.766. The van der Waals surface area contributed by atoms with Crippen molar-refractivity contribution in [2.75, 3.05) is 32.7 Å². The van der Waals surface area contributed by atoms with Gasteiger partial charge >= 0.3 is 0 Å². The molecule has 0 spiro atoms. The lowest BCUT2D eigenvalue weighted by molar-refractivity contribution is -0.134. The Morgan fingerprint density at radius 2 is 1.60 bits per heavy atom. The molecule has 8 heteroatoms. The van der Waals surface area contributed by atoms with Gasteiger partial charge in [0.25, 0.3) is 0 Å². The number of carbonyl (C=O) groups excluding carboxylic acids is 2. The first-order valence-corrected chi connectivity index (χ1v) is 12.6. The molecule has 164 valence electrons. The number of aryl methyl sites for hydroxylation is 2. The monoisotopic (exact) mass is 433 g/mol. The Hall–Kier alpha value is -1.93. The van der Waals surface area contributed by atoms with Gasteiger partial charge < -0.3 is 10.2 Å². The molecule has 1 saturated carbocycles. The molecule has 1 heterocycles. The molecule has 3 aliphatic rings. The van der Waals surface area contributed by atoms with Crippen molar-refractivity contribution in [3.63, 3.8) is 0 Å². The zero-order chi connectivity index (χ0) is 21.1. The average Bonchev–Trinajstić information content (AvgIpc) is 3.32. The molecule has 0 unspecified atom stereocenters. The molecule has 4 rings (SSSR count). The Bertz CT molecular complexity index is 901. The number of hydrogen-bond acceptors (Lipinski definition) is 4. The van der Waals surface area contributed by atoms with Gasteiger partial charge in [0.2, 0.25) is 21.8 Å². The van der Waals surface area contributed by atoms with Gasteiger partial charge in [-0.1, -0.05) is 18.9 Å². The van der Waals surface area contributed by atoms with Gasteiger partial charge in [-0.2, -0.15) is 4.31 Å². The predicted octanol–water partition coefficient (Wildman–Crippen LogP) is 1.70. The minimum atomic E-state index is -3.56. The number of nitrogens with one attached hydrogen (secondary N) is 1. The smallest absolute Gasteiger partial charge is 0.243 e. The number of carbonyl (C=O) groups is 2. The first-order valence-electron chi connectivity index (χ1n) is 11.1. The highest BCUT2D eigenvalue weighted by atomic mass is 32.2. The number of sulfonamides is 1. The zero-order valence-electron chi connectivity index (χ0n) is 17.4. The van der Waals surface area contributed by atoms with E-state index in [9.17, 15) is 18.0 Å². The Morgan fingerprint density at radius 1 is 0.933 bits per heavy atom. The molecule has 0 atom stereocenters. The molecule has 7 nitrogen and oxygen atoms in total. The standard InChI is InChI=1S/C22H31N3O4S/c26-21(16-23-22(27)18-6-2-3-7-18)24-11-13-25(14-12-24)30(28,29)20-10-9-17-5-1-4-8-19(17)15-20/h9-10,15,18H,1-8,11-14,16H2,(H,23,27). The third kappa shape index (κ3) is 4.54. The lowest BCUT2D eigenvalue weighted by Crippen LogP contribution is -2.52. The van der Waals surface area contributed by atoms with Crippen molar-refractivity contribution in [1.29, 1.82) is 0 Å². The third-order valence-corrected chi connectivity index (χ3v) is 8.58. The summed E-state index contributed by atoms with van der Waals surface area (Å²) in [6.45, 7) is 1.25. The van der Waals surface area contributed by atoms with Crippen LogP contribution in [0.15, 0.2) is 23.1 Å². The van der Waals surface area contributed by atoms with Crippen molar-refractivity contribution in [1.82, 2.24) is 14.5 Å². The van der Waals surface area contributed by atoms with Crippen LogP contribution in [-0.2, 0) is 32.5 Å². The molecule has 1 aromatic rings. The Balaban J connectivity index is 1.31. The van der Waals surface area contributed by atoms with E-state index in [0.29, 0.717) is 18.0 Å². The summed E-state index contributed by atoms with van der Waals surface area (Å²) in [6.07, 6.45) is 8.18. The number of nitrogens with zero attached hydrogens (tertiary/aromatic N) is 2. The van der Waals surface area contributed by atoms with Crippen LogP contribution in [0.3, 0.4) is 0 Å². The first-order chi connectivity index (χ1) is 14.4. The van der Waals surface area contributed by atoms with Crippen molar-refractivity contribution in [2.24, 2.45) is 5.92 Å². The van der Waals surface area contributed by atoms with E-state index in [1.54, 1.807) is 11.0 Å². The lowest BCUT2D eigenvalue weighted by Gasteiger charge is -2.34. The van der Waals surface area contributed by atoms with E-state index >= 15 is 0 Å².